The number of carboxylic acids is 1. The highest BCUT2D eigenvalue weighted by atomic mass is 79.9. The number of hydrogen-bond donors (Lipinski definition) is 2. The third-order valence-electron chi connectivity index (χ3n) is 2.61. The van der Waals surface area contributed by atoms with Gasteiger partial charge in [-0.1, -0.05) is 0 Å². The first kappa shape index (κ1) is 14.6. The molecule has 2 rings (SSSR count). The summed E-state index contributed by atoms with van der Waals surface area (Å²) in [6.07, 6.45) is 1.31. The van der Waals surface area contributed by atoms with E-state index in [1.165, 1.54) is 6.20 Å². The number of halogens is 3. The number of aromatic carboxylic acids is 1. The molecule has 8 heteroatoms. The third-order valence-corrected chi connectivity index (χ3v) is 3.22. The van der Waals surface area contributed by atoms with Crippen LogP contribution in [0.3, 0.4) is 0 Å². The van der Waals surface area contributed by atoms with E-state index in [1.807, 2.05) is 0 Å². The van der Waals surface area contributed by atoms with Crippen LogP contribution in [0.2, 0.25) is 0 Å². The molecule has 0 aliphatic heterocycles. The van der Waals surface area contributed by atoms with E-state index in [1.54, 1.807) is 0 Å². The highest BCUT2D eigenvalue weighted by Gasteiger charge is 2.18. The molecule has 0 radical (unpaired) electrons. The van der Waals surface area contributed by atoms with Crippen LogP contribution in [0.1, 0.15) is 16.1 Å². The monoisotopic (exact) mass is 346 g/mol. The number of hydrogen-bond acceptors (Lipinski definition) is 3. The fourth-order valence-corrected chi connectivity index (χ4v) is 2.02. The second kappa shape index (κ2) is 5.68. The van der Waals surface area contributed by atoms with Crippen LogP contribution in [0.15, 0.2) is 22.8 Å². The minimum absolute atomic E-state index is 0.0417. The minimum Gasteiger partial charge on any atom is -0.476 e. The van der Waals surface area contributed by atoms with Gasteiger partial charge in [-0.05, 0) is 28.4 Å². The molecule has 0 spiro atoms. The maximum absolute atomic E-state index is 13.8. The summed E-state index contributed by atoms with van der Waals surface area (Å²) in [6.45, 7) is -0.275. The van der Waals surface area contributed by atoms with Gasteiger partial charge >= 0.3 is 5.97 Å². The molecule has 0 aliphatic rings. The number of aromatic nitrogens is 2. The summed E-state index contributed by atoms with van der Waals surface area (Å²) in [5.41, 5.74) is -0.276. The average molecular weight is 347 g/mol. The Balaban J connectivity index is 2.56. The Labute approximate surface area is 120 Å². The fraction of sp³-hybridized carbons (Fsp3) is 0.167. The molecule has 20 heavy (non-hydrogen) atoms. The van der Waals surface area contributed by atoms with Crippen LogP contribution < -0.4 is 0 Å². The lowest BCUT2D eigenvalue weighted by Gasteiger charge is -2.04. The predicted octanol–water partition coefficient (Wildman–Crippen LogP) is 2.15. The van der Waals surface area contributed by atoms with Crippen molar-refractivity contribution in [3.63, 3.8) is 0 Å². The zero-order chi connectivity index (χ0) is 14.9. The first-order chi connectivity index (χ1) is 9.43. The van der Waals surface area contributed by atoms with Crippen LogP contribution in [-0.4, -0.2) is 32.6 Å². The number of rotatable bonds is 4. The van der Waals surface area contributed by atoms with Crippen molar-refractivity contribution in [2.45, 2.75) is 6.42 Å². The Kier molecular flexibility index (Phi) is 4.15. The zero-order valence-corrected chi connectivity index (χ0v) is 11.6. The van der Waals surface area contributed by atoms with Gasteiger partial charge < -0.3 is 10.2 Å². The van der Waals surface area contributed by atoms with Crippen LogP contribution in [0.5, 0.6) is 0 Å². The highest BCUT2D eigenvalue weighted by molar-refractivity contribution is 9.10. The molecule has 0 bridgehead atoms. The first-order valence-corrected chi connectivity index (χ1v) is 6.31. The van der Waals surface area contributed by atoms with Crippen molar-refractivity contribution in [1.29, 1.82) is 0 Å². The van der Waals surface area contributed by atoms with Crippen molar-refractivity contribution in [2.75, 3.05) is 6.61 Å². The third kappa shape index (κ3) is 2.70. The second-order valence-corrected chi connectivity index (χ2v) is 4.80. The predicted molar refractivity (Wildman–Crippen MR) is 68.9 cm³/mol. The Morgan fingerprint density at radius 2 is 2.05 bits per heavy atom. The van der Waals surface area contributed by atoms with Crippen molar-refractivity contribution in [3.05, 3.63) is 45.7 Å². The standard InChI is InChI=1S/C12H9BrF2N2O3/c13-7-3-9(15)10(4-8(7)14)17-5-6(1-2-18)11(16-17)12(19)20/h3-5,18H,1-2H2,(H,19,20). The molecule has 0 saturated carbocycles. The summed E-state index contributed by atoms with van der Waals surface area (Å²) < 4.78 is 28.1. The van der Waals surface area contributed by atoms with E-state index >= 15 is 0 Å². The molecule has 2 N–H and O–H groups in total. The molecule has 1 heterocycles. The molecule has 0 saturated heterocycles. The van der Waals surface area contributed by atoms with Crippen molar-refractivity contribution in [2.24, 2.45) is 0 Å². The molecule has 0 unspecified atom stereocenters. The van der Waals surface area contributed by atoms with Crippen LogP contribution >= 0.6 is 15.9 Å². The van der Waals surface area contributed by atoms with E-state index < -0.39 is 17.6 Å². The molecule has 1 aromatic carbocycles. The number of nitrogens with zero attached hydrogens (tertiary/aromatic N) is 2. The molecule has 2 aromatic rings. The average Bonchev–Trinajstić information content (AvgIpc) is 2.78. The first-order valence-electron chi connectivity index (χ1n) is 5.51. The summed E-state index contributed by atoms with van der Waals surface area (Å²) in [7, 11) is 0. The fourth-order valence-electron chi connectivity index (χ4n) is 1.70. The number of carboxylic acid groups (broad SMARTS) is 1. The second-order valence-electron chi connectivity index (χ2n) is 3.94. The zero-order valence-electron chi connectivity index (χ0n) is 9.98. The molecule has 106 valence electrons. The van der Waals surface area contributed by atoms with Gasteiger partial charge in [-0.25, -0.2) is 18.3 Å². The van der Waals surface area contributed by atoms with Gasteiger partial charge in [-0.2, -0.15) is 5.10 Å². The van der Waals surface area contributed by atoms with Crippen molar-refractivity contribution in [3.8, 4) is 5.69 Å². The van der Waals surface area contributed by atoms with Gasteiger partial charge in [0.15, 0.2) is 5.69 Å². The van der Waals surface area contributed by atoms with Gasteiger partial charge in [0.1, 0.15) is 17.3 Å². The van der Waals surface area contributed by atoms with Gasteiger partial charge in [0.2, 0.25) is 0 Å². The maximum Gasteiger partial charge on any atom is 0.356 e. The molecule has 0 fully saturated rings. The number of carbonyl (C=O) groups is 1. The number of benzene rings is 1. The summed E-state index contributed by atoms with van der Waals surface area (Å²) in [5, 5.41) is 21.6. The van der Waals surface area contributed by atoms with E-state index in [9.17, 15) is 13.6 Å². The SMILES string of the molecule is O=C(O)c1nn(-c2cc(F)c(Br)cc2F)cc1CCO. The van der Waals surface area contributed by atoms with Crippen molar-refractivity contribution in [1.82, 2.24) is 9.78 Å². The van der Waals surface area contributed by atoms with Gasteiger partial charge in [0.05, 0.1) is 4.47 Å². The van der Waals surface area contributed by atoms with E-state index in [-0.39, 0.29) is 34.4 Å². The lowest BCUT2D eigenvalue weighted by molar-refractivity contribution is 0.0688. The smallest absolute Gasteiger partial charge is 0.356 e. The Morgan fingerprint density at radius 1 is 1.35 bits per heavy atom. The van der Waals surface area contributed by atoms with E-state index in [0.717, 1.165) is 16.8 Å². The van der Waals surface area contributed by atoms with Gasteiger partial charge in [-0.3, -0.25) is 0 Å². The lowest BCUT2D eigenvalue weighted by atomic mass is 10.2. The number of aliphatic hydroxyl groups is 1. The quantitative estimate of drug-likeness (QED) is 0.831. The Bertz CT molecular complexity index is 673. The minimum atomic E-state index is -1.30. The highest BCUT2D eigenvalue weighted by Crippen LogP contribution is 2.23. The van der Waals surface area contributed by atoms with Crippen LogP contribution in [0, 0.1) is 11.6 Å². The molecule has 0 amide bonds. The van der Waals surface area contributed by atoms with Crippen LogP contribution in [-0.2, 0) is 6.42 Å². The molecule has 0 atom stereocenters. The summed E-state index contributed by atoms with van der Waals surface area (Å²) in [6, 6.07) is 1.83. The number of aliphatic hydroxyl groups excluding tert-OH is 1. The molecule has 1 aromatic heterocycles. The van der Waals surface area contributed by atoms with Gasteiger partial charge in [-0.15, -0.1) is 0 Å². The maximum atomic E-state index is 13.8. The molecular weight excluding hydrogens is 338 g/mol. The summed E-state index contributed by atoms with van der Waals surface area (Å²) >= 11 is 2.85. The van der Waals surface area contributed by atoms with E-state index in [2.05, 4.69) is 21.0 Å². The Morgan fingerprint density at radius 3 is 2.65 bits per heavy atom. The lowest BCUT2D eigenvalue weighted by Crippen LogP contribution is -2.04. The van der Waals surface area contributed by atoms with Crippen LogP contribution in [0.4, 0.5) is 8.78 Å². The van der Waals surface area contributed by atoms with Gasteiger partial charge in [0.25, 0.3) is 0 Å². The summed E-state index contributed by atoms with van der Waals surface area (Å²) in [4.78, 5) is 11.0. The molecule has 5 nitrogen and oxygen atoms in total. The summed E-state index contributed by atoms with van der Waals surface area (Å²) in [5.74, 6) is -2.75. The van der Waals surface area contributed by atoms with Crippen molar-refractivity contribution >= 4 is 21.9 Å². The van der Waals surface area contributed by atoms with E-state index in [4.69, 9.17) is 10.2 Å². The molecule has 0 aliphatic carbocycles. The normalized spacial score (nSPS) is 10.8. The largest absolute Gasteiger partial charge is 0.476 e. The van der Waals surface area contributed by atoms with Gasteiger partial charge in [0, 0.05) is 24.4 Å². The molecular formula is C12H9BrF2N2O3. The van der Waals surface area contributed by atoms with Crippen LogP contribution in [0.25, 0.3) is 5.69 Å². The van der Waals surface area contributed by atoms with E-state index in [0.29, 0.717) is 0 Å². The topological polar surface area (TPSA) is 75.3 Å². The van der Waals surface area contributed by atoms with Crippen molar-refractivity contribution < 1.29 is 23.8 Å². The Hall–Kier alpha value is -1.80.